The highest BCUT2D eigenvalue weighted by atomic mass is 32.1. The van der Waals surface area contributed by atoms with E-state index in [1.807, 2.05) is 12.1 Å². The van der Waals surface area contributed by atoms with E-state index in [4.69, 9.17) is 14.2 Å². The molecule has 0 aliphatic carbocycles. The quantitative estimate of drug-likeness (QED) is 0.565. The van der Waals surface area contributed by atoms with Crippen LogP contribution in [0.15, 0.2) is 16.9 Å². The molecule has 1 atom stereocenters. The van der Waals surface area contributed by atoms with Crippen molar-refractivity contribution in [2.75, 3.05) is 27.4 Å². The molecule has 2 aromatic heterocycles. The van der Waals surface area contributed by atoms with Crippen LogP contribution in [0.25, 0.3) is 10.2 Å². The van der Waals surface area contributed by atoms with Crippen molar-refractivity contribution >= 4 is 27.5 Å². The minimum Gasteiger partial charge on any atom is -0.493 e. The highest BCUT2D eigenvalue weighted by molar-refractivity contribution is 7.20. The molecule has 170 valence electrons. The van der Waals surface area contributed by atoms with Crippen molar-refractivity contribution in [3.63, 3.8) is 0 Å². The number of hydrogen-bond acceptors (Lipinski definition) is 8. The average molecular weight is 458 g/mol. The number of ether oxygens (including phenoxy) is 3. The normalized spacial score (nSPS) is 16.1. The molecule has 9 heteroatoms. The Hall–Kier alpha value is -2.91. The molecule has 8 nitrogen and oxygen atoms in total. The van der Waals surface area contributed by atoms with Crippen LogP contribution in [0.1, 0.15) is 52.1 Å². The maximum atomic E-state index is 12.8. The van der Waals surface area contributed by atoms with Crippen molar-refractivity contribution in [1.29, 1.82) is 0 Å². The van der Waals surface area contributed by atoms with E-state index >= 15 is 0 Å². The number of fused-ring (bicyclic) bond motifs is 2. The summed E-state index contributed by atoms with van der Waals surface area (Å²) in [6.45, 7) is 7.25. The number of carbonyl (C=O) groups excluding carboxylic acids is 1. The molecule has 0 saturated carbocycles. The first-order valence-corrected chi connectivity index (χ1v) is 11.4. The Kier molecular flexibility index (Phi) is 6.21. The summed E-state index contributed by atoms with van der Waals surface area (Å²) >= 11 is 1.21. The van der Waals surface area contributed by atoms with Crippen LogP contribution in [0.5, 0.6) is 11.5 Å². The maximum absolute atomic E-state index is 12.8. The molecular formula is C23H27N3O5S. The first kappa shape index (κ1) is 22.3. The number of carbonyl (C=O) groups is 1. The topological polar surface area (TPSA) is 93.8 Å². The van der Waals surface area contributed by atoms with Gasteiger partial charge in [-0.05, 0) is 56.0 Å². The second kappa shape index (κ2) is 8.91. The molecule has 1 aliphatic rings. The van der Waals surface area contributed by atoms with Gasteiger partial charge < -0.3 is 19.2 Å². The molecule has 1 aromatic carbocycles. The Bertz CT molecular complexity index is 1230. The second-order valence-electron chi connectivity index (χ2n) is 7.77. The van der Waals surface area contributed by atoms with E-state index in [0.717, 1.165) is 18.7 Å². The summed E-state index contributed by atoms with van der Waals surface area (Å²) in [4.78, 5) is 35.9. The van der Waals surface area contributed by atoms with Gasteiger partial charge >= 0.3 is 5.97 Å². The van der Waals surface area contributed by atoms with Crippen LogP contribution in [0.4, 0.5) is 0 Å². The minimum absolute atomic E-state index is 0.111. The van der Waals surface area contributed by atoms with Gasteiger partial charge in [-0.25, -0.2) is 9.78 Å². The van der Waals surface area contributed by atoms with Crippen LogP contribution >= 0.6 is 11.3 Å². The first-order valence-electron chi connectivity index (χ1n) is 10.6. The molecule has 32 heavy (non-hydrogen) atoms. The smallest absolute Gasteiger partial charge is 0.348 e. The molecule has 3 heterocycles. The predicted octanol–water partition coefficient (Wildman–Crippen LogP) is 3.61. The Morgan fingerprint density at radius 2 is 2.00 bits per heavy atom. The first-order chi connectivity index (χ1) is 15.4. The lowest BCUT2D eigenvalue weighted by Crippen LogP contribution is -2.34. The van der Waals surface area contributed by atoms with Gasteiger partial charge in [0.25, 0.3) is 5.56 Å². The molecule has 1 N–H and O–H groups in total. The lowest BCUT2D eigenvalue weighted by atomic mass is 9.93. The van der Waals surface area contributed by atoms with E-state index < -0.39 is 5.97 Å². The number of thiophene rings is 1. The number of methoxy groups -OCH3 is 2. The largest absolute Gasteiger partial charge is 0.493 e. The number of hydrogen-bond donors (Lipinski definition) is 1. The van der Waals surface area contributed by atoms with E-state index in [1.54, 1.807) is 28.1 Å². The number of esters is 1. The van der Waals surface area contributed by atoms with Crippen molar-refractivity contribution in [2.24, 2.45) is 0 Å². The van der Waals surface area contributed by atoms with Crippen LogP contribution in [0.2, 0.25) is 0 Å². The minimum atomic E-state index is -0.417. The summed E-state index contributed by atoms with van der Waals surface area (Å²) in [6, 6.07) is 4.18. The Labute approximate surface area is 190 Å². The number of H-pyrrole nitrogens is 1. The summed E-state index contributed by atoms with van der Waals surface area (Å²) in [5.74, 6) is 1.59. The fourth-order valence-electron chi connectivity index (χ4n) is 4.26. The zero-order chi connectivity index (χ0) is 23.0. The molecule has 0 saturated heterocycles. The predicted molar refractivity (Wildman–Crippen MR) is 123 cm³/mol. The Balaban J connectivity index is 1.64. The van der Waals surface area contributed by atoms with Crippen LogP contribution < -0.4 is 15.0 Å². The van der Waals surface area contributed by atoms with Crippen LogP contribution in [-0.2, 0) is 17.7 Å². The number of nitrogens with one attached hydrogen (secondary N) is 1. The lowest BCUT2D eigenvalue weighted by molar-refractivity contribution is 0.0531. The van der Waals surface area contributed by atoms with Gasteiger partial charge in [-0.2, -0.15) is 0 Å². The molecule has 4 rings (SSSR count). The highest BCUT2D eigenvalue weighted by Crippen LogP contribution is 2.38. The molecule has 1 aliphatic heterocycles. The molecular weight excluding hydrogens is 430 g/mol. The van der Waals surface area contributed by atoms with Crippen molar-refractivity contribution < 1.29 is 19.0 Å². The number of rotatable bonds is 6. The Morgan fingerprint density at radius 1 is 1.28 bits per heavy atom. The third kappa shape index (κ3) is 3.86. The summed E-state index contributed by atoms with van der Waals surface area (Å²) in [7, 11) is 3.27. The average Bonchev–Trinajstić information content (AvgIpc) is 3.12. The molecule has 0 unspecified atom stereocenters. The number of benzene rings is 1. The van der Waals surface area contributed by atoms with Gasteiger partial charge in [-0.3, -0.25) is 9.69 Å². The van der Waals surface area contributed by atoms with Gasteiger partial charge in [0.1, 0.15) is 15.5 Å². The van der Waals surface area contributed by atoms with E-state index in [1.165, 1.54) is 22.5 Å². The van der Waals surface area contributed by atoms with Crippen molar-refractivity contribution in [3.8, 4) is 11.5 Å². The van der Waals surface area contributed by atoms with E-state index in [9.17, 15) is 9.59 Å². The molecule has 3 aromatic rings. The van der Waals surface area contributed by atoms with Crippen LogP contribution in [0.3, 0.4) is 0 Å². The molecule has 0 amide bonds. The third-order valence-electron chi connectivity index (χ3n) is 5.97. The summed E-state index contributed by atoms with van der Waals surface area (Å²) in [6.07, 6.45) is 0.859. The van der Waals surface area contributed by atoms with Gasteiger partial charge in [-0.1, -0.05) is 0 Å². The van der Waals surface area contributed by atoms with Gasteiger partial charge in [0.2, 0.25) is 0 Å². The molecule has 0 fully saturated rings. The highest BCUT2D eigenvalue weighted by Gasteiger charge is 2.27. The molecule has 0 spiro atoms. The number of aryl methyl sites for hydroxylation is 1. The standard InChI is InChI=1S/C23H27N3O5S/c1-6-31-23(28)20-12(2)19-21(27)24-18(25-22(19)32-20)11-26-8-7-14-9-16(29-4)17(30-5)10-15(14)13(26)3/h9-10,13H,6-8,11H2,1-5H3,(H,24,25,27)/t13-/m1/s1. The zero-order valence-corrected chi connectivity index (χ0v) is 19.7. The second-order valence-corrected chi connectivity index (χ2v) is 8.77. The third-order valence-corrected chi connectivity index (χ3v) is 7.14. The van der Waals surface area contributed by atoms with Gasteiger partial charge in [0, 0.05) is 12.6 Å². The fraction of sp³-hybridized carbons (Fsp3) is 0.435. The monoisotopic (exact) mass is 457 g/mol. The van der Waals surface area contributed by atoms with E-state index in [2.05, 4.69) is 21.8 Å². The SMILES string of the molecule is CCOC(=O)c1sc2nc(CN3CCc4cc(OC)c(OC)cc4[C@H]3C)[nH]c(=O)c2c1C. The number of aromatic amines is 1. The molecule has 0 radical (unpaired) electrons. The maximum Gasteiger partial charge on any atom is 0.348 e. The van der Waals surface area contributed by atoms with E-state index in [0.29, 0.717) is 38.8 Å². The van der Waals surface area contributed by atoms with Gasteiger partial charge in [0.15, 0.2) is 11.5 Å². The lowest BCUT2D eigenvalue weighted by Gasteiger charge is -2.35. The van der Waals surface area contributed by atoms with Crippen LogP contribution in [-0.4, -0.2) is 48.2 Å². The van der Waals surface area contributed by atoms with Gasteiger partial charge in [-0.15, -0.1) is 11.3 Å². The number of nitrogens with zero attached hydrogens (tertiary/aromatic N) is 2. The van der Waals surface area contributed by atoms with Crippen LogP contribution in [0, 0.1) is 6.92 Å². The summed E-state index contributed by atoms with van der Waals surface area (Å²) < 4.78 is 16.0. The van der Waals surface area contributed by atoms with Crippen molar-refractivity contribution in [1.82, 2.24) is 14.9 Å². The van der Waals surface area contributed by atoms with Gasteiger partial charge in [0.05, 0.1) is 32.8 Å². The summed E-state index contributed by atoms with van der Waals surface area (Å²) in [5.41, 5.74) is 2.79. The van der Waals surface area contributed by atoms with Crippen molar-refractivity contribution in [3.05, 3.63) is 49.9 Å². The fourth-order valence-corrected chi connectivity index (χ4v) is 5.35. The zero-order valence-electron chi connectivity index (χ0n) is 18.9. The van der Waals surface area contributed by atoms with Crippen molar-refractivity contribution in [2.45, 2.75) is 39.8 Å². The summed E-state index contributed by atoms with van der Waals surface area (Å²) in [5, 5.41) is 0.454. The van der Waals surface area contributed by atoms with E-state index in [-0.39, 0.29) is 18.2 Å². The molecule has 0 bridgehead atoms. The Morgan fingerprint density at radius 3 is 2.69 bits per heavy atom. The number of aromatic nitrogens is 2.